The van der Waals surface area contributed by atoms with E-state index in [9.17, 15) is 13.2 Å². The van der Waals surface area contributed by atoms with Crippen molar-refractivity contribution in [3.8, 4) is 0 Å². The molecule has 80 valence electrons. The number of halogens is 3. The first-order valence-corrected chi connectivity index (χ1v) is 4.70. The number of benzene rings is 1. The van der Waals surface area contributed by atoms with Crippen molar-refractivity contribution >= 4 is 0 Å². The Labute approximate surface area is 82.8 Å². The van der Waals surface area contributed by atoms with Crippen LogP contribution in [0.2, 0.25) is 0 Å². The molecule has 0 unspecified atom stereocenters. The molecule has 1 rings (SSSR count). The third kappa shape index (κ3) is 3.81. The van der Waals surface area contributed by atoms with Crippen LogP contribution >= 0.6 is 0 Å². The lowest BCUT2D eigenvalue weighted by molar-refractivity contribution is -0.137. The van der Waals surface area contributed by atoms with E-state index in [0.717, 1.165) is 24.1 Å². The van der Waals surface area contributed by atoms with Crippen LogP contribution in [0.25, 0.3) is 0 Å². The Hall–Kier alpha value is -0.990. The zero-order chi connectivity index (χ0) is 11.2. The molecule has 0 aliphatic carbocycles. The average molecular weight is 204 g/mol. The second-order valence-corrected chi connectivity index (χ2v) is 2.55. The van der Waals surface area contributed by atoms with Crippen molar-refractivity contribution < 1.29 is 13.2 Å². The average Bonchev–Trinajstić information content (AvgIpc) is 2.20. The number of hydrogen-bond acceptors (Lipinski definition) is 0. The number of aryl methyl sites for hydroxylation is 1. The van der Waals surface area contributed by atoms with Crippen molar-refractivity contribution in [2.24, 2.45) is 0 Å². The van der Waals surface area contributed by atoms with Crippen LogP contribution in [0.4, 0.5) is 13.2 Å². The monoisotopic (exact) mass is 204 g/mol. The van der Waals surface area contributed by atoms with Gasteiger partial charge in [-0.15, -0.1) is 0 Å². The van der Waals surface area contributed by atoms with Crippen LogP contribution in [0.3, 0.4) is 0 Å². The fourth-order valence-corrected chi connectivity index (χ4v) is 0.929. The Kier molecular flexibility index (Phi) is 5.28. The van der Waals surface area contributed by atoms with Gasteiger partial charge in [0.25, 0.3) is 0 Å². The van der Waals surface area contributed by atoms with E-state index in [1.807, 2.05) is 20.8 Å². The Balaban J connectivity index is 0.000000791. The van der Waals surface area contributed by atoms with Gasteiger partial charge in [0.05, 0.1) is 5.56 Å². The molecule has 14 heavy (non-hydrogen) atoms. The van der Waals surface area contributed by atoms with Gasteiger partial charge < -0.3 is 0 Å². The van der Waals surface area contributed by atoms with Gasteiger partial charge in [-0.2, -0.15) is 13.2 Å². The number of hydrogen-bond donors (Lipinski definition) is 0. The minimum atomic E-state index is -4.22. The van der Waals surface area contributed by atoms with E-state index in [2.05, 4.69) is 0 Å². The van der Waals surface area contributed by atoms with Crippen molar-refractivity contribution in [1.82, 2.24) is 0 Å². The van der Waals surface area contributed by atoms with Crippen LogP contribution in [0.1, 0.15) is 31.9 Å². The largest absolute Gasteiger partial charge is 0.416 e. The lowest BCUT2D eigenvalue weighted by Gasteiger charge is -2.06. The molecule has 0 saturated carbocycles. The van der Waals surface area contributed by atoms with Crippen LogP contribution in [-0.4, -0.2) is 0 Å². The summed E-state index contributed by atoms with van der Waals surface area (Å²) in [6.07, 6.45) is -3.45. The lowest BCUT2D eigenvalue weighted by Crippen LogP contribution is -2.04. The maximum atomic E-state index is 12.0. The summed E-state index contributed by atoms with van der Waals surface area (Å²) in [6, 6.07) is 5.23. The van der Waals surface area contributed by atoms with Gasteiger partial charge >= 0.3 is 6.18 Å². The van der Waals surface area contributed by atoms with E-state index in [1.54, 1.807) is 0 Å². The van der Waals surface area contributed by atoms with E-state index >= 15 is 0 Å². The molecule has 0 aliphatic heterocycles. The third-order valence-electron chi connectivity index (χ3n) is 1.69. The van der Waals surface area contributed by atoms with E-state index in [1.165, 1.54) is 12.1 Å². The molecular weight excluding hydrogens is 189 g/mol. The van der Waals surface area contributed by atoms with E-state index in [0.29, 0.717) is 0 Å². The van der Waals surface area contributed by atoms with Gasteiger partial charge in [0.2, 0.25) is 0 Å². The molecule has 0 fully saturated rings. The second kappa shape index (κ2) is 5.68. The highest BCUT2D eigenvalue weighted by Crippen LogP contribution is 2.28. The van der Waals surface area contributed by atoms with Crippen LogP contribution in [-0.2, 0) is 12.6 Å². The van der Waals surface area contributed by atoms with Gasteiger partial charge in [-0.3, -0.25) is 0 Å². The first kappa shape index (κ1) is 13.0. The van der Waals surface area contributed by atoms with Crippen LogP contribution in [0, 0.1) is 0 Å². The molecule has 0 heterocycles. The predicted molar refractivity (Wildman–Crippen MR) is 52.2 cm³/mol. The molecule has 0 radical (unpaired) electrons. The second-order valence-electron chi connectivity index (χ2n) is 2.55. The van der Waals surface area contributed by atoms with Gasteiger partial charge in [0.1, 0.15) is 0 Å². The van der Waals surface area contributed by atoms with E-state index in [4.69, 9.17) is 0 Å². The maximum absolute atomic E-state index is 12.0. The molecular formula is C11H15F3. The van der Waals surface area contributed by atoms with Gasteiger partial charge in [-0.1, -0.05) is 32.9 Å². The smallest absolute Gasteiger partial charge is 0.166 e. The Morgan fingerprint density at radius 3 is 1.71 bits per heavy atom. The first-order chi connectivity index (χ1) is 6.54. The third-order valence-corrected chi connectivity index (χ3v) is 1.69. The summed E-state index contributed by atoms with van der Waals surface area (Å²) >= 11 is 0. The molecule has 0 aromatic heterocycles. The van der Waals surface area contributed by atoms with Crippen LogP contribution in [0.5, 0.6) is 0 Å². The summed E-state index contributed by atoms with van der Waals surface area (Å²) in [5.74, 6) is 0. The summed E-state index contributed by atoms with van der Waals surface area (Å²) in [5.41, 5.74) is 0.336. The van der Waals surface area contributed by atoms with Crippen molar-refractivity contribution in [2.45, 2.75) is 33.4 Å². The Bertz CT molecular complexity index is 246. The lowest BCUT2D eigenvalue weighted by atomic mass is 10.1. The quantitative estimate of drug-likeness (QED) is 0.640. The van der Waals surface area contributed by atoms with E-state index < -0.39 is 11.7 Å². The van der Waals surface area contributed by atoms with Crippen LogP contribution in [0.15, 0.2) is 24.3 Å². The molecule has 0 atom stereocenters. The normalized spacial score (nSPS) is 10.4. The van der Waals surface area contributed by atoms with Gasteiger partial charge in [0, 0.05) is 0 Å². The summed E-state index contributed by atoms with van der Waals surface area (Å²) in [6.45, 7) is 5.91. The highest BCUT2D eigenvalue weighted by atomic mass is 19.4. The zero-order valence-corrected chi connectivity index (χ0v) is 8.65. The SMILES string of the molecule is CC.CCc1ccc(C(F)(F)F)cc1. The highest BCUT2D eigenvalue weighted by molar-refractivity contribution is 5.24. The molecule has 0 nitrogen and oxygen atoms in total. The number of rotatable bonds is 1. The summed E-state index contributed by atoms with van der Waals surface area (Å²) < 4.78 is 36.1. The molecule has 0 N–H and O–H groups in total. The standard InChI is InChI=1S/C9H9F3.C2H6/c1-2-7-3-5-8(6-4-7)9(10,11)12;1-2/h3-6H,2H2,1H3;1-2H3. The van der Waals surface area contributed by atoms with E-state index in [-0.39, 0.29) is 0 Å². The van der Waals surface area contributed by atoms with Gasteiger partial charge in [-0.25, -0.2) is 0 Å². The molecule has 0 spiro atoms. The first-order valence-electron chi connectivity index (χ1n) is 4.70. The van der Waals surface area contributed by atoms with Gasteiger partial charge in [-0.05, 0) is 24.1 Å². The van der Waals surface area contributed by atoms with Crippen molar-refractivity contribution in [2.75, 3.05) is 0 Å². The molecule has 3 heteroatoms. The fourth-order valence-electron chi connectivity index (χ4n) is 0.929. The minimum Gasteiger partial charge on any atom is -0.166 e. The molecule has 1 aromatic carbocycles. The molecule has 0 aliphatic rings. The van der Waals surface area contributed by atoms with Crippen LogP contribution < -0.4 is 0 Å². The molecule has 1 aromatic rings. The van der Waals surface area contributed by atoms with Crippen molar-refractivity contribution in [3.63, 3.8) is 0 Å². The fraction of sp³-hybridized carbons (Fsp3) is 0.455. The summed E-state index contributed by atoms with van der Waals surface area (Å²) in [4.78, 5) is 0. The minimum absolute atomic E-state index is 0.584. The Morgan fingerprint density at radius 1 is 1.00 bits per heavy atom. The number of alkyl halides is 3. The topological polar surface area (TPSA) is 0 Å². The molecule has 0 saturated heterocycles. The van der Waals surface area contributed by atoms with Crippen molar-refractivity contribution in [1.29, 1.82) is 0 Å². The van der Waals surface area contributed by atoms with Gasteiger partial charge in [0.15, 0.2) is 0 Å². The predicted octanol–water partition coefficient (Wildman–Crippen LogP) is 4.29. The summed E-state index contributed by atoms with van der Waals surface area (Å²) in [5, 5.41) is 0. The molecule has 0 bridgehead atoms. The highest BCUT2D eigenvalue weighted by Gasteiger charge is 2.29. The van der Waals surface area contributed by atoms with Crippen molar-refractivity contribution in [3.05, 3.63) is 35.4 Å². The Morgan fingerprint density at radius 2 is 1.43 bits per heavy atom. The maximum Gasteiger partial charge on any atom is 0.416 e. The zero-order valence-electron chi connectivity index (χ0n) is 8.65. The summed E-state index contributed by atoms with van der Waals surface area (Å²) in [7, 11) is 0. The molecule has 0 amide bonds.